The van der Waals surface area contributed by atoms with Crippen molar-refractivity contribution < 1.29 is 13.9 Å². The summed E-state index contributed by atoms with van der Waals surface area (Å²) >= 11 is 0. The Morgan fingerprint density at radius 2 is 1.76 bits per heavy atom. The Hall–Kier alpha value is -3.91. The van der Waals surface area contributed by atoms with Crippen LogP contribution in [0.4, 0.5) is 15.0 Å². The van der Waals surface area contributed by atoms with Gasteiger partial charge in [0.25, 0.3) is 0 Å². The number of amides is 2. The number of morpholine rings is 1. The number of rotatable bonds is 3. The number of halogens is 1. The van der Waals surface area contributed by atoms with Crippen molar-refractivity contribution in [3.63, 3.8) is 0 Å². The number of aryl methyl sites for hydroxylation is 1. The molecule has 1 N–H and O–H groups in total. The number of hydrogen-bond donors (Lipinski definition) is 1. The fraction of sp³-hybridized carbons (Fsp3) is 0.200. The van der Waals surface area contributed by atoms with Crippen LogP contribution in [0.2, 0.25) is 0 Å². The van der Waals surface area contributed by atoms with Gasteiger partial charge in [0.15, 0.2) is 0 Å². The molecule has 0 bridgehead atoms. The molecule has 0 saturated carbocycles. The number of urea groups is 1. The number of benzene rings is 2. The average Bonchev–Trinajstić information content (AvgIpc) is 2.85. The summed E-state index contributed by atoms with van der Waals surface area (Å²) in [7, 11) is 0. The van der Waals surface area contributed by atoms with Crippen LogP contribution in [0.5, 0.6) is 0 Å². The van der Waals surface area contributed by atoms with Gasteiger partial charge in [0, 0.05) is 35.3 Å². The lowest BCUT2D eigenvalue weighted by Crippen LogP contribution is -2.43. The van der Waals surface area contributed by atoms with Gasteiger partial charge in [-0.2, -0.15) is 0 Å². The van der Waals surface area contributed by atoms with Crippen LogP contribution in [0.25, 0.3) is 33.3 Å². The van der Waals surface area contributed by atoms with E-state index in [9.17, 15) is 9.18 Å². The number of hydrogen-bond acceptors (Lipinski definition) is 5. The normalized spacial score (nSPS) is 13.8. The van der Waals surface area contributed by atoms with Crippen molar-refractivity contribution in [1.29, 1.82) is 0 Å². The van der Waals surface area contributed by atoms with Gasteiger partial charge in [-0.15, -0.1) is 0 Å². The molecule has 33 heavy (non-hydrogen) atoms. The maximum Gasteiger partial charge on any atom is 0.323 e. The zero-order chi connectivity index (χ0) is 22.8. The van der Waals surface area contributed by atoms with Crippen molar-refractivity contribution in [2.24, 2.45) is 0 Å². The molecule has 166 valence electrons. The predicted molar refractivity (Wildman–Crippen MR) is 124 cm³/mol. The number of nitrogens with zero attached hydrogens (tertiary/aromatic N) is 4. The number of aromatic nitrogens is 3. The van der Waals surface area contributed by atoms with Gasteiger partial charge in [0.2, 0.25) is 0 Å². The zero-order valence-electron chi connectivity index (χ0n) is 18.1. The lowest BCUT2D eigenvalue weighted by molar-refractivity contribution is 0.0564. The van der Waals surface area contributed by atoms with E-state index in [1.54, 1.807) is 29.4 Å². The first-order valence-corrected chi connectivity index (χ1v) is 10.7. The first-order chi connectivity index (χ1) is 16.1. The minimum absolute atomic E-state index is 0.220. The molecular formula is C25H22FN5O2. The molecule has 7 nitrogen and oxygen atoms in total. The van der Waals surface area contributed by atoms with E-state index in [4.69, 9.17) is 9.72 Å². The molecule has 0 spiro atoms. The first-order valence-electron chi connectivity index (χ1n) is 10.7. The summed E-state index contributed by atoms with van der Waals surface area (Å²) in [5.41, 5.74) is 4.91. The smallest absolute Gasteiger partial charge is 0.323 e. The molecule has 0 unspecified atom stereocenters. The Balaban J connectivity index is 1.56. The van der Waals surface area contributed by atoms with Crippen LogP contribution >= 0.6 is 0 Å². The summed E-state index contributed by atoms with van der Waals surface area (Å²) in [6, 6.07) is 15.6. The largest absolute Gasteiger partial charge is 0.378 e. The van der Waals surface area contributed by atoms with E-state index < -0.39 is 0 Å². The van der Waals surface area contributed by atoms with Crippen molar-refractivity contribution in [3.8, 4) is 22.4 Å². The maximum absolute atomic E-state index is 13.6. The predicted octanol–water partition coefficient (Wildman–Crippen LogP) is 4.67. The Morgan fingerprint density at radius 3 is 2.55 bits per heavy atom. The summed E-state index contributed by atoms with van der Waals surface area (Å²) < 4.78 is 18.9. The average molecular weight is 443 g/mol. The number of carbonyl (C=O) groups excluding carboxylic acids is 1. The molecule has 4 aromatic rings. The molecule has 0 radical (unpaired) electrons. The highest BCUT2D eigenvalue weighted by atomic mass is 19.1. The second kappa shape index (κ2) is 8.91. The van der Waals surface area contributed by atoms with Gasteiger partial charge in [0.05, 0.1) is 24.4 Å². The molecule has 0 aliphatic carbocycles. The van der Waals surface area contributed by atoms with E-state index in [0.29, 0.717) is 37.8 Å². The summed E-state index contributed by atoms with van der Waals surface area (Å²) in [6.07, 6.45) is 1.55. The zero-order valence-corrected chi connectivity index (χ0v) is 18.1. The minimum atomic E-state index is -0.324. The van der Waals surface area contributed by atoms with Crippen LogP contribution in [0.1, 0.15) is 5.69 Å². The van der Waals surface area contributed by atoms with Gasteiger partial charge in [-0.1, -0.05) is 6.07 Å². The van der Waals surface area contributed by atoms with Crippen LogP contribution in [0, 0.1) is 12.7 Å². The number of nitrogens with one attached hydrogen (secondary N) is 1. The molecule has 2 aromatic carbocycles. The number of carbonyl (C=O) groups is 1. The number of pyridine rings is 1. The van der Waals surface area contributed by atoms with Crippen LogP contribution in [-0.4, -0.2) is 52.2 Å². The fourth-order valence-electron chi connectivity index (χ4n) is 3.90. The van der Waals surface area contributed by atoms with E-state index in [0.717, 1.165) is 33.3 Å². The lowest BCUT2D eigenvalue weighted by Gasteiger charge is -2.26. The highest BCUT2D eigenvalue weighted by molar-refractivity contribution is 5.92. The van der Waals surface area contributed by atoms with E-state index in [2.05, 4.69) is 15.3 Å². The van der Waals surface area contributed by atoms with Crippen LogP contribution in [0.15, 0.2) is 60.9 Å². The van der Waals surface area contributed by atoms with E-state index in [-0.39, 0.29) is 11.8 Å². The van der Waals surface area contributed by atoms with Crippen LogP contribution < -0.4 is 5.32 Å². The molecule has 8 heteroatoms. The van der Waals surface area contributed by atoms with Crippen LogP contribution in [0.3, 0.4) is 0 Å². The first kappa shape index (κ1) is 21.0. The molecule has 5 rings (SSSR count). The van der Waals surface area contributed by atoms with E-state index in [1.165, 1.54) is 12.1 Å². The second-order valence-electron chi connectivity index (χ2n) is 7.82. The SMILES string of the molecule is Cc1ncnc2ccc(-c3ccc(NC(=O)N4CCOCC4)nc3-c3ccc(F)cc3)cc12. The van der Waals surface area contributed by atoms with Crippen molar-refractivity contribution in [2.45, 2.75) is 6.92 Å². The summed E-state index contributed by atoms with van der Waals surface area (Å²) in [5.74, 6) is 0.102. The molecule has 1 saturated heterocycles. The Kier molecular flexibility index (Phi) is 5.66. The van der Waals surface area contributed by atoms with E-state index >= 15 is 0 Å². The topological polar surface area (TPSA) is 80.2 Å². The maximum atomic E-state index is 13.6. The molecular weight excluding hydrogens is 421 g/mol. The number of fused-ring (bicyclic) bond motifs is 1. The van der Waals surface area contributed by atoms with Crippen LogP contribution in [-0.2, 0) is 4.74 Å². The Bertz CT molecular complexity index is 1320. The molecule has 1 aliphatic rings. The van der Waals surface area contributed by atoms with Gasteiger partial charge in [-0.3, -0.25) is 5.32 Å². The molecule has 2 amide bonds. The molecule has 0 atom stereocenters. The summed E-state index contributed by atoms with van der Waals surface area (Å²) in [6.45, 7) is 4.05. The van der Waals surface area contributed by atoms with Gasteiger partial charge in [-0.05, 0) is 61.0 Å². The number of ether oxygens (including phenoxy) is 1. The lowest BCUT2D eigenvalue weighted by atomic mass is 9.97. The van der Waals surface area contributed by atoms with Crippen molar-refractivity contribution >= 4 is 22.8 Å². The molecule has 1 aliphatic heterocycles. The fourth-order valence-corrected chi connectivity index (χ4v) is 3.90. The third-order valence-electron chi connectivity index (χ3n) is 5.69. The molecule has 2 aromatic heterocycles. The van der Waals surface area contributed by atoms with Crippen molar-refractivity contribution in [1.82, 2.24) is 19.9 Å². The van der Waals surface area contributed by atoms with Gasteiger partial charge >= 0.3 is 6.03 Å². The Labute approximate surface area is 190 Å². The van der Waals surface area contributed by atoms with Crippen molar-refractivity contribution in [2.75, 3.05) is 31.6 Å². The third-order valence-corrected chi connectivity index (χ3v) is 5.69. The third kappa shape index (κ3) is 4.38. The Morgan fingerprint density at radius 1 is 1.00 bits per heavy atom. The highest BCUT2D eigenvalue weighted by Crippen LogP contribution is 2.33. The second-order valence-corrected chi connectivity index (χ2v) is 7.82. The minimum Gasteiger partial charge on any atom is -0.378 e. The standard InChI is InChI=1S/C25H22FN5O2/c1-16-21-14-18(4-8-22(21)28-15-27-16)20-7-9-23(30-25(32)31-10-12-33-13-11-31)29-24(20)17-2-5-19(26)6-3-17/h2-9,14-15H,10-13H2,1H3,(H,29,30,32). The number of anilines is 1. The van der Waals surface area contributed by atoms with Gasteiger partial charge in [-0.25, -0.2) is 24.1 Å². The monoisotopic (exact) mass is 443 g/mol. The quantitative estimate of drug-likeness (QED) is 0.498. The highest BCUT2D eigenvalue weighted by Gasteiger charge is 2.18. The van der Waals surface area contributed by atoms with Gasteiger partial charge in [0.1, 0.15) is 18.0 Å². The summed E-state index contributed by atoms with van der Waals surface area (Å²) in [4.78, 5) is 27.7. The molecule has 3 heterocycles. The van der Waals surface area contributed by atoms with Crippen molar-refractivity contribution in [3.05, 3.63) is 72.4 Å². The van der Waals surface area contributed by atoms with Gasteiger partial charge < -0.3 is 9.64 Å². The summed E-state index contributed by atoms with van der Waals surface area (Å²) in [5, 5.41) is 3.83. The van der Waals surface area contributed by atoms with E-state index in [1.807, 2.05) is 31.2 Å². The molecule has 1 fully saturated rings.